The summed E-state index contributed by atoms with van der Waals surface area (Å²) in [6.45, 7) is 5.33. The number of hydrogen-bond acceptors (Lipinski definition) is 3. The molecule has 0 amide bonds. The van der Waals surface area contributed by atoms with Gasteiger partial charge in [-0.05, 0) is 38.3 Å². The summed E-state index contributed by atoms with van der Waals surface area (Å²) in [5, 5.41) is 0. The van der Waals surface area contributed by atoms with Gasteiger partial charge in [0.05, 0.1) is 18.1 Å². The Hall–Kier alpha value is -0.870. The minimum Gasteiger partial charge on any atom is -0.336 e. The number of aromatic nitrogens is 2. The van der Waals surface area contributed by atoms with Gasteiger partial charge in [0, 0.05) is 19.8 Å². The molecule has 0 saturated carbocycles. The van der Waals surface area contributed by atoms with Crippen LogP contribution >= 0.6 is 0 Å². The molecule has 1 fully saturated rings. The lowest BCUT2D eigenvalue weighted by Crippen LogP contribution is -2.35. The average molecular weight is 250 g/mol. The lowest BCUT2D eigenvalue weighted by atomic mass is 9.98. The molecule has 102 valence electrons. The predicted octanol–water partition coefficient (Wildman–Crippen LogP) is 1.93. The molecule has 1 aliphatic heterocycles. The van der Waals surface area contributed by atoms with E-state index in [1.54, 1.807) is 0 Å². The van der Waals surface area contributed by atoms with Crippen LogP contribution in [0.4, 0.5) is 0 Å². The quantitative estimate of drug-likeness (QED) is 0.888. The van der Waals surface area contributed by atoms with E-state index in [2.05, 4.69) is 28.4 Å². The van der Waals surface area contributed by atoms with Crippen molar-refractivity contribution in [2.24, 2.45) is 18.7 Å². The van der Waals surface area contributed by atoms with E-state index in [1.807, 2.05) is 12.5 Å². The fourth-order valence-corrected chi connectivity index (χ4v) is 3.05. The fourth-order valence-electron chi connectivity index (χ4n) is 3.05. The lowest BCUT2D eigenvalue weighted by Gasteiger charge is -2.29. The van der Waals surface area contributed by atoms with Crippen LogP contribution in [0.25, 0.3) is 0 Å². The highest BCUT2D eigenvalue weighted by molar-refractivity contribution is 5.06. The number of hydrogen-bond donors (Lipinski definition) is 1. The normalized spacial score (nSPS) is 23.8. The minimum atomic E-state index is 0.327. The largest absolute Gasteiger partial charge is 0.336 e. The molecule has 2 rings (SSSR count). The van der Waals surface area contributed by atoms with Crippen molar-refractivity contribution in [1.29, 1.82) is 0 Å². The van der Waals surface area contributed by atoms with Gasteiger partial charge in [0.25, 0.3) is 0 Å². The van der Waals surface area contributed by atoms with Gasteiger partial charge in [0.15, 0.2) is 0 Å². The zero-order valence-corrected chi connectivity index (χ0v) is 11.7. The van der Waals surface area contributed by atoms with E-state index in [4.69, 9.17) is 5.73 Å². The summed E-state index contributed by atoms with van der Waals surface area (Å²) in [5.41, 5.74) is 7.24. The smallest absolute Gasteiger partial charge is 0.0946 e. The summed E-state index contributed by atoms with van der Waals surface area (Å²) in [4.78, 5) is 6.77. The monoisotopic (exact) mass is 250 g/mol. The summed E-state index contributed by atoms with van der Waals surface area (Å²) in [6.07, 6.45) is 9.12. The van der Waals surface area contributed by atoms with Crippen LogP contribution in [0.5, 0.6) is 0 Å². The number of nitrogens with zero attached hydrogens (tertiary/aromatic N) is 3. The Morgan fingerprint density at radius 3 is 2.89 bits per heavy atom. The summed E-state index contributed by atoms with van der Waals surface area (Å²) in [7, 11) is 2.05. The first-order valence-electron chi connectivity index (χ1n) is 7.16. The molecule has 18 heavy (non-hydrogen) atoms. The topological polar surface area (TPSA) is 47.1 Å². The number of rotatable bonds is 4. The average Bonchev–Trinajstić information content (AvgIpc) is 2.67. The number of aryl methyl sites for hydroxylation is 1. The van der Waals surface area contributed by atoms with Gasteiger partial charge in [-0.25, -0.2) is 4.98 Å². The summed E-state index contributed by atoms with van der Waals surface area (Å²) in [6, 6.07) is 0.327. The molecule has 0 bridgehead atoms. The minimum absolute atomic E-state index is 0.327. The summed E-state index contributed by atoms with van der Waals surface area (Å²) < 4.78 is 2.10. The maximum Gasteiger partial charge on any atom is 0.0946 e. The van der Waals surface area contributed by atoms with E-state index in [9.17, 15) is 0 Å². The van der Waals surface area contributed by atoms with Crippen molar-refractivity contribution in [3.8, 4) is 0 Å². The van der Waals surface area contributed by atoms with E-state index >= 15 is 0 Å². The third-order valence-corrected chi connectivity index (χ3v) is 4.32. The zero-order chi connectivity index (χ0) is 13.0. The van der Waals surface area contributed by atoms with Crippen LogP contribution in [-0.2, 0) is 7.05 Å². The van der Waals surface area contributed by atoms with Gasteiger partial charge < -0.3 is 10.3 Å². The van der Waals surface area contributed by atoms with Gasteiger partial charge >= 0.3 is 0 Å². The summed E-state index contributed by atoms with van der Waals surface area (Å²) >= 11 is 0. The Morgan fingerprint density at radius 1 is 1.44 bits per heavy atom. The van der Waals surface area contributed by atoms with Crippen LogP contribution in [0, 0.1) is 5.92 Å². The van der Waals surface area contributed by atoms with E-state index in [1.165, 1.54) is 44.5 Å². The van der Waals surface area contributed by atoms with Crippen molar-refractivity contribution < 1.29 is 0 Å². The molecule has 1 aliphatic rings. The highest BCUT2D eigenvalue weighted by Gasteiger charge is 2.24. The number of imidazole rings is 1. The van der Waals surface area contributed by atoms with Crippen molar-refractivity contribution in [1.82, 2.24) is 14.5 Å². The molecule has 1 aromatic heterocycles. The highest BCUT2D eigenvalue weighted by atomic mass is 15.2. The molecule has 0 spiro atoms. The Bertz CT molecular complexity index is 360. The SMILES string of the molecule is CCC1CCCN(C(CN)c2cncn2C)CC1. The molecule has 0 aromatic carbocycles. The molecule has 1 aromatic rings. The van der Waals surface area contributed by atoms with Crippen molar-refractivity contribution in [3.63, 3.8) is 0 Å². The van der Waals surface area contributed by atoms with Gasteiger partial charge in [-0.3, -0.25) is 4.90 Å². The van der Waals surface area contributed by atoms with Crippen LogP contribution in [0.2, 0.25) is 0 Å². The van der Waals surface area contributed by atoms with Crippen LogP contribution in [-0.4, -0.2) is 34.1 Å². The molecule has 1 saturated heterocycles. The highest BCUT2D eigenvalue weighted by Crippen LogP contribution is 2.26. The molecular weight excluding hydrogens is 224 g/mol. The van der Waals surface area contributed by atoms with E-state index in [-0.39, 0.29) is 0 Å². The number of nitrogens with two attached hydrogens (primary N) is 1. The van der Waals surface area contributed by atoms with Crippen LogP contribution in [0.15, 0.2) is 12.5 Å². The van der Waals surface area contributed by atoms with E-state index < -0.39 is 0 Å². The zero-order valence-electron chi connectivity index (χ0n) is 11.7. The molecule has 2 atom stereocenters. The maximum absolute atomic E-state index is 6.00. The maximum atomic E-state index is 6.00. The van der Waals surface area contributed by atoms with Crippen molar-refractivity contribution in [2.45, 2.75) is 38.6 Å². The second-order valence-corrected chi connectivity index (χ2v) is 5.42. The van der Waals surface area contributed by atoms with Gasteiger partial charge in [0.1, 0.15) is 0 Å². The first kappa shape index (κ1) is 13.6. The third kappa shape index (κ3) is 2.93. The molecule has 0 radical (unpaired) electrons. The van der Waals surface area contributed by atoms with Crippen molar-refractivity contribution >= 4 is 0 Å². The Kier molecular flexibility index (Phi) is 4.78. The van der Waals surface area contributed by atoms with E-state index in [0.29, 0.717) is 12.6 Å². The van der Waals surface area contributed by atoms with Gasteiger partial charge in [-0.2, -0.15) is 0 Å². The third-order valence-electron chi connectivity index (χ3n) is 4.32. The second kappa shape index (κ2) is 6.34. The van der Waals surface area contributed by atoms with Gasteiger partial charge in [-0.1, -0.05) is 13.3 Å². The van der Waals surface area contributed by atoms with E-state index in [0.717, 1.165) is 5.92 Å². The Balaban J connectivity index is 2.06. The van der Waals surface area contributed by atoms with Crippen molar-refractivity contribution in [2.75, 3.05) is 19.6 Å². The van der Waals surface area contributed by atoms with Crippen LogP contribution < -0.4 is 5.73 Å². The molecule has 2 heterocycles. The molecule has 4 nitrogen and oxygen atoms in total. The lowest BCUT2D eigenvalue weighted by molar-refractivity contribution is 0.200. The van der Waals surface area contributed by atoms with Crippen LogP contribution in [0.1, 0.15) is 44.3 Å². The predicted molar refractivity (Wildman–Crippen MR) is 74.2 cm³/mol. The van der Waals surface area contributed by atoms with Gasteiger partial charge in [-0.15, -0.1) is 0 Å². The summed E-state index contributed by atoms with van der Waals surface area (Å²) in [5.74, 6) is 0.903. The Labute approximate surface area is 110 Å². The van der Waals surface area contributed by atoms with Crippen molar-refractivity contribution in [3.05, 3.63) is 18.2 Å². The second-order valence-electron chi connectivity index (χ2n) is 5.42. The molecule has 2 N–H and O–H groups in total. The molecule has 0 aliphatic carbocycles. The molecule has 2 unspecified atom stereocenters. The first-order chi connectivity index (χ1) is 8.76. The number of likely N-dealkylation sites (tertiary alicyclic amines) is 1. The Morgan fingerprint density at radius 2 is 2.28 bits per heavy atom. The van der Waals surface area contributed by atoms with Gasteiger partial charge in [0.2, 0.25) is 0 Å². The standard InChI is InChI=1S/C14H26N4/c1-3-12-5-4-7-18(8-6-12)13(9-15)14-10-16-11-17(14)2/h10-13H,3-9,15H2,1-2H3. The van der Waals surface area contributed by atoms with Crippen LogP contribution in [0.3, 0.4) is 0 Å². The molecular formula is C14H26N4. The molecule has 4 heteroatoms. The fraction of sp³-hybridized carbons (Fsp3) is 0.786. The first-order valence-corrected chi connectivity index (χ1v) is 7.16.